The minimum Gasteiger partial charge on any atom is -0.854 e. The van der Waals surface area contributed by atoms with Gasteiger partial charge in [-0.05, 0) is 0 Å². The second-order valence-electron chi connectivity index (χ2n) is 0.447. The largest absolute Gasteiger partial charge is 2.00 e. The van der Waals surface area contributed by atoms with Crippen LogP contribution in [0.4, 0.5) is 0 Å². The maximum atomic E-state index is 8.48. The molecule has 0 N–H and O–H groups in total. The molecule has 0 unspecified atom stereocenters. The molecule has 0 aromatic heterocycles. The summed E-state index contributed by atoms with van der Waals surface area (Å²) in [4.78, 5) is 50.9. The summed E-state index contributed by atoms with van der Waals surface area (Å²) in [6.45, 7) is 0. The first-order valence-corrected chi connectivity index (χ1v) is 3.29. The third-order valence-electron chi connectivity index (χ3n) is 0. The van der Waals surface area contributed by atoms with Gasteiger partial charge < -0.3 is 46.6 Å². The van der Waals surface area contributed by atoms with Crippen molar-refractivity contribution in [3.63, 3.8) is 0 Å². The van der Waals surface area contributed by atoms with Gasteiger partial charge in [0.15, 0.2) is 0 Å². The molecule has 6 nitrogen and oxygen atoms in total. The van der Waals surface area contributed by atoms with E-state index in [9.17, 15) is 0 Å². The summed E-state index contributed by atoms with van der Waals surface area (Å²) in [6.07, 6.45) is 0. The fourth-order valence-corrected chi connectivity index (χ4v) is 0. The molecule has 11 heteroatoms. The van der Waals surface area contributed by atoms with Crippen molar-refractivity contribution in [2.45, 2.75) is 0 Å². The zero-order chi connectivity index (χ0) is 7.15. The van der Waals surface area contributed by atoms with Crippen LogP contribution < -0.4 is 29.4 Å². The van der Waals surface area contributed by atoms with Gasteiger partial charge in [0.2, 0.25) is 0 Å². The van der Waals surface area contributed by atoms with Crippen molar-refractivity contribution in [3.8, 4) is 0 Å². The third-order valence-corrected chi connectivity index (χ3v) is 0. The van der Waals surface area contributed by atoms with Crippen LogP contribution in [-0.2, 0) is 36.5 Å². The molecule has 0 aliphatic heterocycles. The van der Waals surface area contributed by atoms with Crippen LogP contribution in [0.2, 0.25) is 0 Å². The van der Waals surface area contributed by atoms with E-state index in [1.165, 1.54) is 0 Å². The topological polar surface area (TPSA) is 138 Å². The van der Waals surface area contributed by atoms with Crippen molar-refractivity contribution in [3.05, 3.63) is 0 Å². The van der Waals surface area contributed by atoms with Gasteiger partial charge in [-0.25, -0.2) is 0 Å². The van der Waals surface area contributed by atoms with Gasteiger partial charge >= 0.3 is 74.3 Å². The molecule has 0 saturated heterocycles. The smallest absolute Gasteiger partial charge is 0.854 e. The summed E-state index contributed by atoms with van der Waals surface area (Å²) in [5, 5.41) is 0. The SMILES string of the molecule is [Ca+2].[Fe+2].[O-]P([O-])[O-].[O-]P([O-])[O-].[Zn+2]. The van der Waals surface area contributed by atoms with E-state index < -0.39 is 17.2 Å². The molecule has 0 fully saturated rings. The Bertz CT molecular complexity index is 36.1. The molecule has 0 aromatic carbocycles. The van der Waals surface area contributed by atoms with Crippen molar-refractivity contribution in [2.75, 3.05) is 0 Å². The fraction of sp³-hybridized carbons (Fsp3) is 0. The predicted molar refractivity (Wildman–Crippen MR) is 19.6 cm³/mol. The number of hydrogen-bond acceptors (Lipinski definition) is 6. The minimum absolute atomic E-state index is 0. The van der Waals surface area contributed by atoms with E-state index in [0.29, 0.717) is 0 Å². The molecule has 0 radical (unpaired) electrons. The summed E-state index contributed by atoms with van der Waals surface area (Å²) in [5.41, 5.74) is 0. The summed E-state index contributed by atoms with van der Waals surface area (Å²) >= 11 is 0. The average Bonchev–Trinajstić information content (AvgIpc) is 1.25. The first kappa shape index (κ1) is 29.2. The van der Waals surface area contributed by atoms with Crippen LogP contribution in [0, 0.1) is 0 Å². The van der Waals surface area contributed by atoms with Gasteiger partial charge in [0.05, 0.1) is 0 Å². The molecule has 0 bridgehead atoms. The normalized spacial score (nSPS) is 6.55. The maximum absolute atomic E-state index is 8.48. The Kier molecular flexibility index (Phi) is 61.4. The van der Waals surface area contributed by atoms with Crippen molar-refractivity contribution in [2.24, 2.45) is 0 Å². The second kappa shape index (κ2) is 23.1. The molecule has 0 atom stereocenters. The van der Waals surface area contributed by atoms with E-state index in [2.05, 4.69) is 0 Å². The Labute approximate surface area is 119 Å². The van der Waals surface area contributed by atoms with E-state index in [-0.39, 0.29) is 74.3 Å². The van der Waals surface area contributed by atoms with E-state index >= 15 is 0 Å². The van der Waals surface area contributed by atoms with Crippen LogP contribution in [-0.4, -0.2) is 37.7 Å². The van der Waals surface area contributed by atoms with Crippen LogP contribution >= 0.6 is 17.2 Å². The van der Waals surface area contributed by atoms with Crippen molar-refractivity contribution < 1.29 is 65.9 Å². The quantitative estimate of drug-likeness (QED) is 0.322. The summed E-state index contributed by atoms with van der Waals surface area (Å²) in [7, 11) is -6.74. The second-order valence-corrected chi connectivity index (χ2v) is 1.34. The Morgan fingerprint density at radius 2 is 0.636 bits per heavy atom. The van der Waals surface area contributed by atoms with Gasteiger partial charge in [-0.3, -0.25) is 0 Å². The van der Waals surface area contributed by atoms with Crippen LogP contribution in [0.3, 0.4) is 0 Å². The maximum Gasteiger partial charge on any atom is 2.00 e. The molecule has 0 heterocycles. The zero-order valence-corrected chi connectivity index (χ0v) is 13.2. The molecule has 0 spiro atoms. The molecule has 0 aliphatic carbocycles. The van der Waals surface area contributed by atoms with Crippen LogP contribution in [0.25, 0.3) is 0 Å². The van der Waals surface area contributed by atoms with Gasteiger partial charge in [-0.2, -0.15) is 0 Å². The predicted octanol–water partition coefficient (Wildman–Crippen LogP) is -5.80. The van der Waals surface area contributed by atoms with Gasteiger partial charge in [0, 0.05) is 0 Å². The molecular weight excluding hydrogens is 319 g/mol. The van der Waals surface area contributed by atoms with E-state index in [0.717, 1.165) is 0 Å². The molecule has 0 aromatic rings. The molecule has 11 heavy (non-hydrogen) atoms. The monoisotopic (exact) mass is 318 g/mol. The van der Waals surface area contributed by atoms with Crippen molar-refractivity contribution in [1.82, 2.24) is 0 Å². The zero-order valence-electron chi connectivity index (χ0n) is 5.11. The molecule has 0 aliphatic rings. The first-order chi connectivity index (χ1) is 3.46. The summed E-state index contributed by atoms with van der Waals surface area (Å²) < 4.78 is 0. The number of rotatable bonds is 0. The Balaban J connectivity index is -0.0000000171. The van der Waals surface area contributed by atoms with Crippen LogP contribution in [0.15, 0.2) is 0 Å². The van der Waals surface area contributed by atoms with Crippen LogP contribution in [0.5, 0.6) is 0 Å². The number of hydrogen-bond donors (Lipinski definition) is 0. The van der Waals surface area contributed by atoms with Crippen LogP contribution in [0.1, 0.15) is 0 Å². The molecule has 0 rings (SSSR count). The van der Waals surface area contributed by atoms with Gasteiger partial charge in [0.1, 0.15) is 0 Å². The van der Waals surface area contributed by atoms with Gasteiger partial charge in [-0.1, -0.05) is 0 Å². The summed E-state index contributed by atoms with van der Waals surface area (Å²) in [5.74, 6) is 0. The van der Waals surface area contributed by atoms with E-state index in [4.69, 9.17) is 29.4 Å². The molecule has 0 saturated carbocycles. The van der Waals surface area contributed by atoms with Crippen molar-refractivity contribution in [1.29, 1.82) is 0 Å². The Morgan fingerprint density at radius 3 is 0.636 bits per heavy atom. The molecule has 0 amide bonds. The first-order valence-electron chi connectivity index (χ1n) is 1.10. The Hall–Kier alpha value is 3.02. The van der Waals surface area contributed by atoms with Gasteiger partial charge in [-0.15, -0.1) is 0 Å². The van der Waals surface area contributed by atoms with E-state index in [1.54, 1.807) is 0 Å². The van der Waals surface area contributed by atoms with Crippen molar-refractivity contribution >= 4 is 54.9 Å². The molecule has 58 valence electrons. The van der Waals surface area contributed by atoms with Gasteiger partial charge in [0.25, 0.3) is 0 Å². The average molecular weight is 319 g/mol. The molecular formula is CaFeO6P2Zn. The fourth-order valence-electron chi connectivity index (χ4n) is 0. The minimum atomic E-state index is -3.37. The van der Waals surface area contributed by atoms with E-state index in [1.807, 2.05) is 0 Å². The summed E-state index contributed by atoms with van der Waals surface area (Å²) in [6, 6.07) is 0. The third kappa shape index (κ3) is 173. The standard InChI is InChI=1S/Ca.Fe.2O3P.Zn/c;;2*1-4(2)3;/q2*+2;2*-3;+2. The Morgan fingerprint density at radius 1 is 0.636 bits per heavy atom.